The third-order valence-corrected chi connectivity index (χ3v) is 5.05. The molecular formula is C19H21N3O2. The summed E-state index contributed by atoms with van der Waals surface area (Å²) in [5.74, 6) is -0.405. The average Bonchev–Trinajstić information content (AvgIpc) is 3.03. The van der Waals surface area contributed by atoms with Crippen LogP contribution in [-0.2, 0) is 9.47 Å². The molecule has 2 fully saturated rings. The van der Waals surface area contributed by atoms with Crippen molar-refractivity contribution in [3.05, 3.63) is 35.0 Å². The first-order valence-electron chi connectivity index (χ1n) is 8.45. The van der Waals surface area contributed by atoms with Gasteiger partial charge in [-0.15, -0.1) is 0 Å². The number of pyridine rings is 1. The van der Waals surface area contributed by atoms with Gasteiger partial charge in [-0.25, -0.2) is 0 Å². The van der Waals surface area contributed by atoms with E-state index in [2.05, 4.69) is 41.9 Å². The van der Waals surface area contributed by atoms with Crippen LogP contribution in [0.2, 0.25) is 0 Å². The number of anilines is 1. The Morgan fingerprint density at radius 2 is 1.88 bits per heavy atom. The fourth-order valence-corrected chi connectivity index (χ4v) is 3.93. The molecule has 5 heteroatoms. The van der Waals surface area contributed by atoms with Gasteiger partial charge in [0.1, 0.15) is 6.07 Å². The van der Waals surface area contributed by atoms with Crippen LogP contribution in [-0.4, -0.2) is 37.1 Å². The van der Waals surface area contributed by atoms with E-state index in [1.54, 1.807) is 6.20 Å². The molecule has 2 saturated heterocycles. The minimum absolute atomic E-state index is 0.405. The molecule has 2 aliphatic heterocycles. The number of aromatic nitrogens is 1. The van der Waals surface area contributed by atoms with E-state index in [9.17, 15) is 5.26 Å². The van der Waals surface area contributed by atoms with Crippen LogP contribution in [0, 0.1) is 25.2 Å². The van der Waals surface area contributed by atoms with E-state index in [-0.39, 0.29) is 0 Å². The maximum Gasteiger partial charge on any atom is 0.171 e. The van der Waals surface area contributed by atoms with Gasteiger partial charge in [-0.2, -0.15) is 5.26 Å². The Morgan fingerprint density at radius 3 is 2.54 bits per heavy atom. The summed E-state index contributed by atoms with van der Waals surface area (Å²) in [6, 6.07) is 6.59. The molecule has 0 N–H and O–H groups in total. The van der Waals surface area contributed by atoms with Crippen LogP contribution in [0.15, 0.2) is 18.3 Å². The van der Waals surface area contributed by atoms with Gasteiger partial charge in [0.25, 0.3) is 0 Å². The number of ether oxygens (including phenoxy) is 2. The van der Waals surface area contributed by atoms with Crippen molar-refractivity contribution in [3.63, 3.8) is 0 Å². The number of nitriles is 1. The van der Waals surface area contributed by atoms with Crippen LogP contribution in [0.3, 0.4) is 0 Å². The molecule has 0 unspecified atom stereocenters. The van der Waals surface area contributed by atoms with Crippen molar-refractivity contribution in [1.29, 1.82) is 5.26 Å². The smallest absolute Gasteiger partial charge is 0.171 e. The van der Waals surface area contributed by atoms with Crippen molar-refractivity contribution in [2.24, 2.45) is 0 Å². The summed E-state index contributed by atoms with van der Waals surface area (Å²) in [7, 11) is 0. The quantitative estimate of drug-likeness (QED) is 0.807. The highest BCUT2D eigenvalue weighted by Gasteiger charge is 2.40. The molecule has 4 rings (SSSR count). The third-order valence-electron chi connectivity index (χ3n) is 5.05. The zero-order valence-corrected chi connectivity index (χ0v) is 14.1. The number of hydrogen-bond donors (Lipinski definition) is 0. The van der Waals surface area contributed by atoms with Gasteiger partial charge < -0.3 is 14.4 Å². The first-order valence-corrected chi connectivity index (χ1v) is 8.45. The van der Waals surface area contributed by atoms with Crippen molar-refractivity contribution >= 4 is 16.6 Å². The Balaban J connectivity index is 1.77. The molecule has 0 saturated carbocycles. The molecule has 124 valence electrons. The number of aryl methyl sites for hydroxylation is 2. The molecule has 2 aliphatic rings. The minimum atomic E-state index is -0.405. The molecule has 1 aromatic carbocycles. The Morgan fingerprint density at radius 1 is 1.17 bits per heavy atom. The van der Waals surface area contributed by atoms with Crippen molar-refractivity contribution in [1.82, 2.24) is 4.98 Å². The molecule has 1 aromatic heterocycles. The van der Waals surface area contributed by atoms with E-state index in [0.29, 0.717) is 18.8 Å². The van der Waals surface area contributed by atoms with Crippen LogP contribution in [0.5, 0.6) is 0 Å². The number of nitrogens with zero attached hydrogens (tertiary/aromatic N) is 3. The number of fused-ring (bicyclic) bond motifs is 1. The Kier molecular flexibility index (Phi) is 3.67. The minimum Gasteiger partial charge on any atom is -0.369 e. The largest absolute Gasteiger partial charge is 0.369 e. The van der Waals surface area contributed by atoms with Crippen molar-refractivity contribution < 1.29 is 9.47 Å². The Labute approximate surface area is 141 Å². The van der Waals surface area contributed by atoms with E-state index in [0.717, 1.165) is 48.1 Å². The topological polar surface area (TPSA) is 58.4 Å². The van der Waals surface area contributed by atoms with E-state index in [1.807, 2.05) is 0 Å². The third kappa shape index (κ3) is 2.43. The van der Waals surface area contributed by atoms with E-state index < -0.39 is 5.79 Å². The van der Waals surface area contributed by atoms with Crippen LogP contribution >= 0.6 is 0 Å². The lowest BCUT2D eigenvalue weighted by Gasteiger charge is -2.39. The highest BCUT2D eigenvalue weighted by atomic mass is 16.7. The summed E-state index contributed by atoms with van der Waals surface area (Å²) in [6.45, 7) is 7.16. The van der Waals surface area contributed by atoms with Gasteiger partial charge >= 0.3 is 0 Å². The zero-order chi connectivity index (χ0) is 16.7. The van der Waals surface area contributed by atoms with E-state index in [4.69, 9.17) is 9.47 Å². The fourth-order valence-electron chi connectivity index (χ4n) is 3.93. The lowest BCUT2D eigenvalue weighted by Crippen LogP contribution is -2.45. The molecule has 5 nitrogen and oxygen atoms in total. The van der Waals surface area contributed by atoms with Gasteiger partial charge in [-0.05, 0) is 25.5 Å². The normalized spacial score (nSPS) is 19.8. The monoisotopic (exact) mass is 323 g/mol. The highest BCUT2D eigenvalue weighted by molar-refractivity contribution is 5.96. The number of hydrogen-bond acceptors (Lipinski definition) is 5. The van der Waals surface area contributed by atoms with Gasteiger partial charge in [0.15, 0.2) is 5.79 Å². The summed E-state index contributed by atoms with van der Waals surface area (Å²) in [5.41, 5.74) is 4.95. The Hall–Kier alpha value is -2.16. The summed E-state index contributed by atoms with van der Waals surface area (Å²) < 4.78 is 11.6. The second-order valence-corrected chi connectivity index (χ2v) is 6.70. The van der Waals surface area contributed by atoms with E-state index >= 15 is 0 Å². The molecule has 0 bridgehead atoms. The average molecular weight is 323 g/mol. The maximum absolute atomic E-state index is 9.59. The molecule has 1 spiro atoms. The van der Waals surface area contributed by atoms with Gasteiger partial charge in [0, 0.05) is 37.5 Å². The number of piperidine rings is 1. The van der Waals surface area contributed by atoms with Crippen LogP contribution in [0.1, 0.15) is 29.5 Å². The molecule has 24 heavy (non-hydrogen) atoms. The zero-order valence-electron chi connectivity index (χ0n) is 14.1. The second kappa shape index (κ2) is 5.73. The van der Waals surface area contributed by atoms with Crippen LogP contribution in [0.25, 0.3) is 10.9 Å². The number of rotatable bonds is 1. The predicted octanol–water partition coefficient (Wildman–Crippen LogP) is 3.07. The molecule has 2 aromatic rings. The second-order valence-electron chi connectivity index (χ2n) is 6.70. The van der Waals surface area contributed by atoms with Crippen molar-refractivity contribution in [2.75, 3.05) is 31.2 Å². The maximum atomic E-state index is 9.59. The molecule has 0 radical (unpaired) electrons. The van der Waals surface area contributed by atoms with Gasteiger partial charge in [0.2, 0.25) is 0 Å². The summed E-state index contributed by atoms with van der Waals surface area (Å²) in [5, 5.41) is 10.7. The fraction of sp³-hybridized carbons (Fsp3) is 0.474. The first kappa shape index (κ1) is 15.4. The van der Waals surface area contributed by atoms with Crippen molar-refractivity contribution in [3.8, 4) is 6.07 Å². The molecule has 0 atom stereocenters. The lowest BCUT2D eigenvalue weighted by molar-refractivity contribution is -0.169. The summed E-state index contributed by atoms with van der Waals surface area (Å²) in [4.78, 5) is 6.81. The first-order chi connectivity index (χ1) is 11.6. The van der Waals surface area contributed by atoms with E-state index in [1.165, 1.54) is 5.56 Å². The molecule has 3 heterocycles. The van der Waals surface area contributed by atoms with Gasteiger partial charge in [-0.3, -0.25) is 4.98 Å². The molecule has 0 amide bonds. The molecule has 0 aliphatic carbocycles. The predicted molar refractivity (Wildman–Crippen MR) is 92.0 cm³/mol. The molecular weight excluding hydrogens is 302 g/mol. The van der Waals surface area contributed by atoms with Crippen molar-refractivity contribution in [2.45, 2.75) is 32.5 Å². The summed E-state index contributed by atoms with van der Waals surface area (Å²) in [6.07, 6.45) is 3.35. The lowest BCUT2D eigenvalue weighted by atomic mass is 9.99. The summed E-state index contributed by atoms with van der Waals surface area (Å²) >= 11 is 0. The Bertz CT molecular complexity index is 825. The SMILES string of the molecule is Cc1cc(C)c2ncc(C#N)c(N3CCC4(CC3)OCCO4)c2c1. The highest BCUT2D eigenvalue weighted by Crippen LogP contribution is 2.37. The van der Waals surface area contributed by atoms with Gasteiger partial charge in [0.05, 0.1) is 30.0 Å². The van der Waals surface area contributed by atoms with Crippen LogP contribution in [0.4, 0.5) is 5.69 Å². The standard InChI is InChI=1S/C19H21N3O2/c1-13-9-14(2)17-16(10-13)18(15(11-20)12-21-17)22-5-3-19(4-6-22)23-7-8-24-19/h9-10,12H,3-8H2,1-2H3. The van der Waals surface area contributed by atoms with Crippen LogP contribution < -0.4 is 4.90 Å². The van der Waals surface area contributed by atoms with Gasteiger partial charge in [-0.1, -0.05) is 11.6 Å². The number of benzene rings is 1.